The number of benzene rings is 1. The van der Waals surface area contributed by atoms with Crippen LogP contribution in [0.4, 0.5) is 0 Å². The van der Waals surface area contributed by atoms with Gasteiger partial charge in [0.1, 0.15) is 5.82 Å². The van der Waals surface area contributed by atoms with Gasteiger partial charge in [0.15, 0.2) is 11.2 Å². The molecule has 0 atom stereocenters. The van der Waals surface area contributed by atoms with Gasteiger partial charge in [0.05, 0.1) is 24.2 Å². The van der Waals surface area contributed by atoms with Gasteiger partial charge in [0.2, 0.25) is 0 Å². The van der Waals surface area contributed by atoms with E-state index in [1.54, 1.807) is 25.6 Å². The number of nitriles is 1. The number of fused-ring (bicyclic) bond motifs is 1. The second-order valence-corrected chi connectivity index (χ2v) is 7.84. The van der Waals surface area contributed by atoms with E-state index in [2.05, 4.69) is 11.1 Å². The largest absolute Gasteiger partial charge is 0.373 e. The molecule has 0 radical (unpaired) electrons. The minimum absolute atomic E-state index is 0.0559. The topological polar surface area (TPSA) is 94.8 Å². The molecule has 8 nitrogen and oxygen atoms in total. The molecule has 0 amide bonds. The molecule has 0 spiro atoms. The lowest BCUT2D eigenvalue weighted by Gasteiger charge is -2.42. The van der Waals surface area contributed by atoms with E-state index in [9.17, 15) is 14.9 Å². The monoisotopic (exact) mass is 393 g/mol. The molecule has 29 heavy (non-hydrogen) atoms. The van der Waals surface area contributed by atoms with Gasteiger partial charge in [0.25, 0.3) is 5.56 Å². The minimum atomic E-state index is -0.779. The molecule has 4 rings (SSSR count). The molecule has 0 bridgehead atoms. The minimum Gasteiger partial charge on any atom is -0.373 e. The number of imidazole rings is 1. The third kappa shape index (κ3) is 3.17. The Bertz CT molecular complexity index is 1220. The lowest BCUT2D eigenvalue weighted by atomic mass is 9.67. The molecule has 1 fully saturated rings. The van der Waals surface area contributed by atoms with E-state index in [0.29, 0.717) is 36.4 Å². The first-order valence-corrected chi connectivity index (χ1v) is 9.55. The van der Waals surface area contributed by atoms with Gasteiger partial charge in [0, 0.05) is 20.6 Å². The Morgan fingerprint density at radius 3 is 2.55 bits per heavy atom. The van der Waals surface area contributed by atoms with E-state index in [4.69, 9.17) is 4.74 Å². The van der Waals surface area contributed by atoms with Crippen LogP contribution in [0.2, 0.25) is 0 Å². The zero-order valence-corrected chi connectivity index (χ0v) is 16.8. The summed E-state index contributed by atoms with van der Waals surface area (Å²) < 4.78 is 10.1. The van der Waals surface area contributed by atoms with Gasteiger partial charge in [-0.1, -0.05) is 30.3 Å². The standard InChI is InChI=1S/C21H23N5O3/c1-14-23-18-17(24(14)2)19(27)26(20(28)25(18)3)13-21(12-22)9-16(10-21)29-11-15-7-5-4-6-8-15/h4-8,16H,9-11,13H2,1-3H3. The molecule has 8 heteroatoms. The summed E-state index contributed by atoms with van der Waals surface area (Å²) in [6, 6.07) is 12.2. The summed E-state index contributed by atoms with van der Waals surface area (Å²) in [5.74, 6) is 0.651. The van der Waals surface area contributed by atoms with Gasteiger partial charge in [-0.15, -0.1) is 0 Å². The molecule has 1 aromatic carbocycles. The van der Waals surface area contributed by atoms with Crippen molar-refractivity contribution in [2.24, 2.45) is 19.5 Å². The molecular formula is C21H23N5O3. The molecule has 150 valence electrons. The van der Waals surface area contributed by atoms with Crippen molar-refractivity contribution in [1.29, 1.82) is 5.26 Å². The third-order valence-corrected chi connectivity index (χ3v) is 5.85. The molecule has 2 heterocycles. The Hall–Kier alpha value is -3.18. The number of rotatable bonds is 5. The average Bonchev–Trinajstić information content (AvgIpc) is 3.00. The van der Waals surface area contributed by atoms with E-state index >= 15 is 0 Å². The van der Waals surface area contributed by atoms with Crippen molar-refractivity contribution in [1.82, 2.24) is 18.7 Å². The van der Waals surface area contributed by atoms with Crippen molar-refractivity contribution in [2.75, 3.05) is 0 Å². The van der Waals surface area contributed by atoms with E-state index in [1.165, 1.54) is 9.13 Å². The molecule has 2 aromatic heterocycles. The fraction of sp³-hybridized carbons (Fsp3) is 0.429. The molecule has 0 saturated heterocycles. The fourth-order valence-electron chi connectivity index (χ4n) is 3.97. The SMILES string of the molecule is Cc1nc2c(c(=O)n(CC3(C#N)CC(OCc4ccccc4)C3)c(=O)n2C)n1C. The van der Waals surface area contributed by atoms with Crippen LogP contribution in [0.15, 0.2) is 39.9 Å². The zero-order valence-electron chi connectivity index (χ0n) is 16.8. The van der Waals surface area contributed by atoms with E-state index in [1.807, 2.05) is 30.3 Å². The molecule has 0 N–H and O–H groups in total. The first kappa shape index (κ1) is 19.2. The molecular weight excluding hydrogens is 370 g/mol. The normalized spacial score (nSPS) is 21.1. The van der Waals surface area contributed by atoms with Gasteiger partial charge < -0.3 is 9.30 Å². The third-order valence-electron chi connectivity index (χ3n) is 5.85. The van der Waals surface area contributed by atoms with Crippen molar-refractivity contribution in [3.8, 4) is 6.07 Å². The highest BCUT2D eigenvalue weighted by molar-refractivity contribution is 5.70. The van der Waals surface area contributed by atoms with Crippen molar-refractivity contribution in [3.05, 3.63) is 62.6 Å². The summed E-state index contributed by atoms with van der Waals surface area (Å²) in [5, 5.41) is 9.78. The van der Waals surface area contributed by atoms with Crippen LogP contribution in [0.1, 0.15) is 24.2 Å². The molecule has 1 aliphatic carbocycles. The van der Waals surface area contributed by atoms with Crippen molar-refractivity contribution in [2.45, 2.75) is 39.0 Å². The number of aryl methyl sites for hydroxylation is 3. The van der Waals surface area contributed by atoms with Crippen LogP contribution in [0.3, 0.4) is 0 Å². The summed E-state index contributed by atoms with van der Waals surface area (Å²) in [7, 11) is 3.34. The van der Waals surface area contributed by atoms with E-state index < -0.39 is 16.7 Å². The van der Waals surface area contributed by atoms with Crippen molar-refractivity contribution in [3.63, 3.8) is 0 Å². The van der Waals surface area contributed by atoms with Crippen LogP contribution in [0, 0.1) is 23.7 Å². The Balaban J connectivity index is 1.57. The molecule has 0 unspecified atom stereocenters. The molecule has 3 aromatic rings. The summed E-state index contributed by atoms with van der Waals surface area (Å²) in [6.45, 7) is 2.32. The lowest BCUT2D eigenvalue weighted by molar-refractivity contribution is -0.0718. The van der Waals surface area contributed by atoms with Crippen LogP contribution < -0.4 is 11.2 Å². The second kappa shape index (κ2) is 7.01. The maximum absolute atomic E-state index is 13.0. The predicted octanol–water partition coefficient (Wildman–Crippen LogP) is 1.63. The molecule has 1 saturated carbocycles. The quantitative estimate of drug-likeness (QED) is 0.657. The molecule has 1 aliphatic rings. The highest BCUT2D eigenvalue weighted by Crippen LogP contribution is 2.43. The van der Waals surface area contributed by atoms with Gasteiger partial charge in [-0.05, 0) is 25.3 Å². The van der Waals surface area contributed by atoms with Gasteiger partial charge in [-0.25, -0.2) is 9.78 Å². The Morgan fingerprint density at radius 2 is 1.90 bits per heavy atom. The number of aromatic nitrogens is 4. The van der Waals surface area contributed by atoms with Crippen LogP contribution in [0.5, 0.6) is 0 Å². The van der Waals surface area contributed by atoms with E-state index in [-0.39, 0.29) is 12.6 Å². The van der Waals surface area contributed by atoms with Crippen LogP contribution in [0.25, 0.3) is 11.2 Å². The number of hydrogen-bond donors (Lipinski definition) is 0. The van der Waals surface area contributed by atoms with E-state index in [0.717, 1.165) is 5.56 Å². The van der Waals surface area contributed by atoms with Gasteiger partial charge >= 0.3 is 5.69 Å². The van der Waals surface area contributed by atoms with Crippen LogP contribution in [-0.2, 0) is 32.0 Å². The summed E-state index contributed by atoms with van der Waals surface area (Å²) in [5.41, 5.74) is 0.162. The van der Waals surface area contributed by atoms with Crippen LogP contribution in [-0.4, -0.2) is 24.8 Å². The van der Waals surface area contributed by atoms with Gasteiger partial charge in [-0.3, -0.25) is 13.9 Å². The van der Waals surface area contributed by atoms with Crippen molar-refractivity contribution < 1.29 is 4.74 Å². The smallest absolute Gasteiger partial charge is 0.332 e. The van der Waals surface area contributed by atoms with Crippen LogP contribution >= 0.6 is 0 Å². The Morgan fingerprint density at radius 1 is 1.21 bits per heavy atom. The zero-order chi connectivity index (χ0) is 20.8. The number of nitrogens with zero attached hydrogens (tertiary/aromatic N) is 5. The maximum atomic E-state index is 13.0. The predicted molar refractivity (Wildman–Crippen MR) is 107 cm³/mol. The lowest BCUT2D eigenvalue weighted by Crippen LogP contribution is -2.50. The maximum Gasteiger partial charge on any atom is 0.332 e. The summed E-state index contributed by atoms with van der Waals surface area (Å²) in [4.78, 5) is 30.1. The Kier molecular flexibility index (Phi) is 4.63. The molecule has 0 aliphatic heterocycles. The highest BCUT2D eigenvalue weighted by Gasteiger charge is 2.46. The fourth-order valence-corrected chi connectivity index (χ4v) is 3.97. The first-order valence-electron chi connectivity index (χ1n) is 9.55. The summed E-state index contributed by atoms with van der Waals surface area (Å²) in [6.07, 6.45) is 0.931. The number of hydrogen-bond acceptors (Lipinski definition) is 5. The second-order valence-electron chi connectivity index (χ2n) is 7.84. The Labute approximate surface area is 167 Å². The highest BCUT2D eigenvalue weighted by atomic mass is 16.5. The average molecular weight is 393 g/mol. The van der Waals surface area contributed by atoms with Gasteiger partial charge in [-0.2, -0.15) is 5.26 Å². The van der Waals surface area contributed by atoms with Crippen molar-refractivity contribution >= 4 is 11.2 Å². The first-order chi connectivity index (χ1) is 13.8. The number of ether oxygens (including phenoxy) is 1. The summed E-state index contributed by atoms with van der Waals surface area (Å²) >= 11 is 0.